The summed E-state index contributed by atoms with van der Waals surface area (Å²) in [6.07, 6.45) is 2.27. The van der Waals surface area contributed by atoms with Crippen LogP contribution >= 0.6 is 11.3 Å². The van der Waals surface area contributed by atoms with Gasteiger partial charge >= 0.3 is 0 Å². The molecule has 0 fully saturated rings. The van der Waals surface area contributed by atoms with Crippen molar-refractivity contribution in [2.24, 2.45) is 5.73 Å². The average molecular weight is 227 g/mol. The molecular formula is C10H17N3OS. The molecule has 15 heavy (non-hydrogen) atoms. The van der Waals surface area contributed by atoms with Crippen LogP contribution in [0, 0.1) is 0 Å². The fourth-order valence-electron chi connectivity index (χ4n) is 1.28. The van der Waals surface area contributed by atoms with Gasteiger partial charge in [-0.3, -0.25) is 4.79 Å². The van der Waals surface area contributed by atoms with Gasteiger partial charge in [0.15, 0.2) is 0 Å². The number of nitrogens with two attached hydrogens (primary N) is 2. The number of amides is 1. The van der Waals surface area contributed by atoms with E-state index in [1.165, 1.54) is 11.3 Å². The Morgan fingerprint density at radius 3 is 2.73 bits per heavy atom. The van der Waals surface area contributed by atoms with E-state index in [1.807, 2.05) is 7.05 Å². The maximum atomic E-state index is 11.0. The predicted octanol–water partition coefficient (Wildman–Crippen LogP) is 1.67. The quantitative estimate of drug-likeness (QED) is 0.803. The molecule has 0 bridgehead atoms. The van der Waals surface area contributed by atoms with Crippen molar-refractivity contribution < 1.29 is 4.79 Å². The lowest BCUT2D eigenvalue weighted by Crippen LogP contribution is -2.16. The zero-order valence-electron chi connectivity index (χ0n) is 9.12. The van der Waals surface area contributed by atoms with E-state index in [-0.39, 0.29) is 0 Å². The van der Waals surface area contributed by atoms with E-state index in [4.69, 9.17) is 11.5 Å². The first-order valence-corrected chi connectivity index (χ1v) is 5.78. The number of thiophene rings is 1. The molecule has 1 rings (SSSR count). The van der Waals surface area contributed by atoms with Crippen molar-refractivity contribution in [1.29, 1.82) is 0 Å². The zero-order valence-corrected chi connectivity index (χ0v) is 9.93. The molecule has 1 aromatic rings. The summed E-state index contributed by atoms with van der Waals surface area (Å²) in [7, 11) is 1.99. The Balaban J connectivity index is 2.78. The van der Waals surface area contributed by atoms with Gasteiger partial charge in [0, 0.05) is 13.6 Å². The normalized spacial score (nSPS) is 10.3. The van der Waals surface area contributed by atoms with Gasteiger partial charge in [0.25, 0.3) is 5.91 Å². The minimum absolute atomic E-state index is 0.451. The highest BCUT2D eigenvalue weighted by Crippen LogP contribution is 2.31. The summed E-state index contributed by atoms with van der Waals surface area (Å²) in [5.74, 6) is -0.451. The van der Waals surface area contributed by atoms with E-state index >= 15 is 0 Å². The number of carbonyl (C=O) groups excluding carboxylic acids is 1. The molecule has 4 N–H and O–H groups in total. The third-order valence-corrected chi connectivity index (χ3v) is 3.47. The molecule has 0 aromatic carbocycles. The Hall–Kier alpha value is -1.23. The molecule has 1 amide bonds. The molecule has 0 spiro atoms. The lowest BCUT2D eigenvalue weighted by atomic mass is 10.3. The van der Waals surface area contributed by atoms with Gasteiger partial charge in [-0.1, -0.05) is 13.3 Å². The summed E-state index contributed by atoms with van der Waals surface area (Å²) < 4.78 is 0. The topological polar surface area (TPSA) is 72.3 Å². The van der Waals surface area contributed by atoms with Gasteiger partial charge in [0.2, 0.25) is 0 Å². The van der Waals surface area contributed by atoms with E-state index in [0.717, 1.165) is 24.4 Å². The third kappa shape index (κ3) is 2.86. The highest BCUT2D eigenvalue weighted by molar-refractivity contribution is 7.18. The number of hydrogen-bond acceptors (Lipinski definition) is 4. The molecule has 0 radical (unpaired) electrons. The second-order valence-corrected chi connectivity index (χ2v) is 4.54. The smallest absolute Gasteiger partial charge is 0.260 e. The molecular weight excluding hydrogens is 210 g/mol. The van der Waals surface area contributed by atoms with Gasteiger partial charge in [-0.25, -0.2) is 0 Å². The second kappa shape index (κ2) is 5.02. The van der Waals surface area contributed by atoms with Crippen LogP contribution < -0.4 is 16.4 Å². The highest BCUT2D eigenvalue weighted by atomic mass is 32.1. The van der Waals surface area contributed by atoms with E-state index in [2.05, 4.69) is 11.8 Å². The number of primary amides is 1. The Kier molecular flexibility index (Phi) is 3.96. The summed E-state index contributed by atoms with van der Waals surface area (Å²) in [5.41, 5.74) is 11.4. The highest BCUT2D eigenvalue weighted by Gasteiger charge is 2.13. The van der Waals surface area contributed by atoms with E-state index in [1.54, 1.807) is 6.07 Å². The molecule has 84 valence electrons. The number of nitrogen functional groups attached to an aromatic ring is 1. The van der Waals surface area contributed by atoms with Crippen molar-refractivity contribution in [3.05, 3.63) is 10.9 Å². The van der Waals surface area contributed by atoms with Crippen LogP contribution in [-0.2, 0) is 0 Å². The SMILES string of the molecule is CCCCN(C)c1cc(N)c(C(N)=O)s1. The minimum Gasteiger partial charge on any atom is -0.397 e. The van der Waals surface area contributed by atoms with Crippen LogP contribution in [0.3, 0.4) is 0 Å². The lowest BCUT2D eigenvalue weighted by Gasteiger charge is -2.15. The van der Waals surface area contributed by atoms with Gasteiger partial charge in [0.05, 0.1) is 10.7 Å². The van der Waals surface area contributed by atoms with Crippen LogP contribution in [0.5, 0.6) is 0 Å². The Morgan fingerprint density at radius 2 is 2.27 bits per heavy atom. The molecule has 0 aliphatic heterocycles. The molecule has 0 atom stereocenters. The Bertz CT molecular complexity index is 348. The fraction of sp³-hybridized carbons (Fsp3) is 0.500. The van der Waals surface area contributed by atoms with Crippen molar-refractivity contribution in [3.63, 3.8) is 0 Å². The molecule has 1 heterocycles. The van der Waals surface area contributed by atoms with Gasteiger partial charge in [0.1, 0.15) is 4.88 Å². The van der Waals surface area contributed by atoms with Crippen molar-refractivity contribution in [2.75, 3.05) is 24.2 Å². The summed E-state index contributed by atoms with van der Waals surface area (Å²) in [5, 5.41) is 0.995. The summed E-state index contributed by atoms with van der Waals surface area (Å²) in [6, 6.07) is 1.81. The minimum atomic E-state index is -0.451. The van der Waals surface area contributed by atoms with Gasteiger partial charge in [-0.15, -0.1) is 11.3 Å². The maximum Gasteiger partial charge on any atom is 0.260 e. The molecule has 0 saturated heterocycles. The molecule has 5 heteroatoms. The number of rotatable bonds is 5. The molecule has 0 aliphatic rings. The lowest BCUT2D eigenvalue weighted by molar-refractivity contribution is 0.100. The number of carbonyl (C=O) groups is 1. The number of anilines is 2. The third-order valence-electron chi connectivity index (χ3n) is 2.19. The van der Waals surface area contributed by atoms with Crippen LogP contribution in [0.1, 0.15) is 29.4 Å². The van der Waals surface area contributed by atoms with Crippen LogP contribution in [0.25, 0.3) is 0 Å². The largest absolute Gasteiger partial charge is 0.397 e. The maximum absolute atomic E-state index is 11.0. The van der Waals surface area contributed by atoms with Crippen LogP contribution in [-0.4, -0.2) is 19.5 Å². The second-order valence-electron chi connectivity index (χ2n) is 3.51. The first-order valence-electron chi connectivity index (χ1n) is 4.96. The summed E-state index contributed by atoms with van der Waals surface area (Å²) in [4.78, 5) is 13.6. The Labute approximate surface area is 93.9 Å². The van der Waals surface area contributed by atoms with Gasteiger partial charge in [-0.05, 0) is 12.5 Å². The van der Waals surface area contributed by atoms with Gasteiger partial charge < -0.3 is 16.4 Å². The summed E-state index contributed by atoms with van der Waals surface area (Å²) in [6.45, 7) is 3.11. The van der Waals surface area contributed by atoms with E-state index < -0.39 is 5.91 Å². The standard InChI is InChI=1S/C10H17N3OS/c1-3-4-5-13(2)8-6-7(11)9(15-8)10(12)14/h6H,3-5,11H2,1-2H3,(H2,12,14). The van der Waals surface area contributed by atoms with Crippen molar-refractivity contribution >= 4 is 27.9 Å². The summed E-state index contributed by atoms with van der Waals surface area (Å²) >= 11 is 1.35. The average Bonchev–Trinajstić information content (AvgIpc) is 2.56. The number of unbranched alkanes of at least 4 members (excludes halogenated alkanes) is 1. The van der Waals surface area contributed by atoms with Crippen LogP contribution in [0.15, 0.2) is 6.07 Å². The zero-order chi connectivity index (χ0) is 11.4. The molecule has 1 aromatic heterocycles. The molecule has 0 saturated carbocycles. The van der Waals surface area contributed by atoms with Crippen molar-refractivity contribution in [3.8, 4) is 0 Å². The van der Waals surface area contributed by atoms with E-state index in [9.17, 15) is 4.79 Å². The molecule has 4 nitrogen and oxygen atoms in total. The molecule has 0 aliphatic carbocycles. The van der Waals surface area contributed by atoms with Crippen molar-refractivity contribution in [1.82, 2.24) is 0 Å². The number of nitrogens with zero attached hydrogens (tertiary/aromatic N) is 1. The Morgan fingerprint density at radius 1 is 1.60 bits per heavy atom. The van der Waals surface area contributed by atoms with E-state index in [0.29, 0.717) is 10.6 Å². The first kappa shape index (κ1) is 11.8. The monoisotopic (exact) mass is 227 g/mol. The van der Waals surface area contributed by atoms with Crippen LogP contribution in [0.4, 0.5) is 10.7 Å². The fourth-order valence-corrected chi connectivity index (χ4v) is 2.20. The predicted molar refractivity (Wildman–Crippen MR) is 65.4 cm³/mol. The molecule has 0 unspecified atom stereocenters. The van der Waals surface area contributed by atoms with Crippen molar-refractivity contribution in [2.45, 2.75) is 19.8 Å². The van der Waals surface area contributed by atoms with Gasteiger partial charge in [-0.2, -0.15) is 0 Å². The number of hydrogen-bond donors (Lipinski definition) is 2. The van der Waals surface area contributed by atoms with Crippen LogP contribution in [0.2, 0.25) is 0 Å². The first-order chi connectivity index (χ1) is 7.06.